The molecule has 1 amide bonds. The first-order chi connectivity index (χ1) is 16.0. The number of Topliss-reactive ketones (excluding diaryl/α,β-unsaturated/α-hetero) is 1. The number of amides is 1. The molecule has 168 valence electrons. The number of aromatic nitrogens is 4. The Labute approximate surface area is 189 Å². The van der Waals surface area contributed by atoms with Crippen molar-refractivity contribution in [1.82, 2.24) is 30.8 Å². The Morgan fingerprint density at radius 3 is 2.70 bits per heavy atom. The molecule has 3 heterocycles. The lowest BCUT2D eigenvalue weighted by atomic mass is 10.1. The molecule has 0 bridgehead atoms. The average molecular weight is 445 g/mol. The van der Waals surface area contributed by atoms with Crippen LogP contribution in [0.4, 0.5) is 5.69 Å². The molecule has 4 aromatic rings. The van der Waals surface area contributed by atoms with Gasteiger partial charge in [-0.05, 0) is 31.2 Å². The van der Waals surface area contributed by atoms with E-state index in [1.54, 1.807) is 25.4 Å². The summed E-state index contributed by atoms with van der Waals surface area (Å²) >= 11 is 0. The number of ether oxygens (including phenoxy) is 1. The molecule has 0 unspecified atom stereocenters. The molecule has 2 aromatic carbocycles. The highest BCUT2D eigenvalue weighted by molar-refractivity contribution is 6.11. The maximum atomic E-state index is 12.4. The molecule has 0 radical (unpaired) electrons. The van der Waals surface area contributed by atoms with Crippen LogP contribution >= 0.6 is 0 Å². The third-order valence-electron chi connectivity index (χ3n) is 5.73. The first-order valence-corrected chi connectivity index (χ1v) is 10.7. The van der Waals surface area contributed by atoms with E-state index in [9.17, 15) is 9.59 Å². The summed E-state index contributed by atoms with van der Waals surface area (Å²) in [6.45, 7) is 5.08. The summed E-state index contributed by atoms with van der Waals surface area (Å²) in [6.07, 6.45) is 1.63. The van der Waals surface area contributed by atoms with Crippen molar-refractivity contribution in [2.45, 2.75) is 6.92 Å². The number of piperazine rings is 1. The van der Waals surface area contributed by atoms with E-state index >= 15 is 0 Å². The van der Waals surface area contributed by atoms with Crippen LogP contribution in [-0.4, -0.2) is 65.1 Å². The molecular weight excluding hydrogens is 422 g/mol. The van der Waals surface area contributed by atoms with Crippen LogP contribution < -0.4 is 20.3 Å². The first kappa shape index (κ1) is 20.8. The molecule has 1 saturated heterocycles. The molecule has 33 heavy (non-hydrogen) atoms. The minimum absolute atomic E-state index is 0.0944. The zero-order chi connectivity index (χ0) is 22.9. The summed E-state index contributed by atoms with van der Waals surface area (Å²) in [7, 11) is 1.56. The van der Waals surface area contributed by atoms with E-state index in [1.807, 2.05) is 18.2 Å². The highest BCUT2D eigenvalue weighted by atomic mass is 16.5. The lowest BCUT2D eigenvalue weighted by Gasteiger charge is -2.29. The predicted molar refractivity (Wildman–Crippen MR) is 124 cm³/mol. The van der Waals surface area contributed by atoms with E-state index in [-0.39, 0.29) is 17.7 Å². The number of carbonyl (C=O) groups excluding carboxylic acids is 2. The van der Waals surface area contributed by atoms with Gasteiger partial charge in [-0.25, -0.2) is 4.98 Å². The summed E-state index contributed by atoms with van der Waals surface area (Å²) in [4.78, 5) is 35.5. The fourth-order valence-corrected chi connectivity index (χ4v) is 4.00. The van der Waals surface area contributed by atoms with E-state index in [4.69, 9.17) is 4.74 Å². The number of nitrogens with one attached hydrogen (secondary N) is 3. The summed E-state index contributed by atoms with van der Waals surface area (Å²) in [5, 5.41) is 14.4. The molecule has 1 fully saturated rings. The largest absolute Gasteiger partial charge is 0.424 e. The minimum atomic E-state index is -0.266. The molecule has 2 aromatic heterocycles. The number of carbonyl (C=O) groups is 2. The molecule has 0 saturated carbocycles. The number of hydrogen-bond acceptors (Lipinski definition) is 8. The number of nitrogens with zero attached hydrogens (tertiary/aromatic N) is 4. The van der Waals surface area contributed by atoms with Gasteiger partial charge in [-0.3, -0.25) is 14.7 Å². The van der Waals surface area contributed by atoms with Crippen molar-refractivity contribution in [2.75, 3.05) is 38.1 Å². The Kier molecular flexibility index (Phi) is 5.35. The maximum absolute atomic E-state index is 12.4. The van der Waals surface area contributed by atoms with Crippen LogP contribution in [-0.2, 0) is 0 Å². The van der Waals surface area contributed by atoms with E-state index in [2.05, 4.69) is 35.7 Å². The Morgan fingerprint density at radius 1 is 1.12 bits per heavy atom. The van der Waals surface area contributed by atoms with E-state index in [1.165, 1.54) is 6.92 Å². The van der Waals surface area contributed by atoms with Crippen molar-refractivity contribution in [3.8, 4) is 11.8 Å². The molecule has 5 rings (SSSR count). The van der Waals surface area contributed by atoms with Gasteiger partial charge in [0.25, 0.3) is 5.91 Å². The second-order valence-corrected chi connectivity index (χ2v) is 7.81. The van der Waals surface area contributed by atoms with Gasteiger partial charge in [0.2, 0.25) is 0 Å². The molecule has 1 aliphatic heterocycles. The zero-order valence-corrected chi connectivity index (χ0v) is 18.3. The van der Waals surface area contributed by atoms with Gasteiger partial charge in [0, 0.05) is 55.9 Å². The van der Waals surface area contributed by atoms with E-state index in [0.29, 0.717) is 33.4 Å². The normalized spacial score (nSPS) is 13.9. The summed E-state index contributed by atoms with van der Waals surface area (Å²) in [5.74, 6) is 0.0201. The van der Waals surface area contributed by atoms with Crippen LogP contribution in [0.3, 0.4) is 0 Å². The number of hydrogen-bond donors (Lipinski definition) is 3. The lowest BCUT2D eigenvalue weighted by Crippen LogP contribution is -2.43. The van der Waals surface area contributed by atoms with Gasteiger partial charge >= 0.3 is 6.01 Å². The van der Waals surface area contributed by atoms with Crippen molar-refractivity contribution in [3.05, 3.63) is 47.8 Å². The van der Waals surface area contributed by atoms with Gasteiger partial charge in [0.05, 0.1) is 5.56 Å². The molecule has 3 N–H and O–H groups in total. The molecule has 0 spiro atoms. The number of rotatable bonds is 5. The molecule has 1 aliphatic rings. The average Bonchev–Trinajstić information content (AvgIpc) is 3.29. The van der Waals surface area contributed by atoms with Crippen LogP contribution in [0, 0.1) is 0 Å². The van der Waals surface area contributed by atoms with Gasteiger partial charge in [-0.15, -0.1) is 0 Å². The molecular formula is C23H23N7O3. The maximum Gasteiger partial charge on any atom is 0.322 e. The van der Waals surface area contributed by atoms with Crippen LogP contribution in [0.5, 0.6) is 11.8 Å². The van der Waals surface area contributed by atoms with Crippen LogP contribution in [0.2, 0.25) is 0 Å². The smallest absolute Gasteiger partial charge is 0.322 e. The molecule has 10 heteroatoms. The third-order valence-corrected chi connectivity index (χ3v) is 5.73. The molecule has 0 aliphatic carbocycles. The number of ketones is 1. The van der Waals surface area contributed by atoms with Gasteiger partial charge in [-0.1, -0.05) is 6.07 Å². The SMILES string of the molecule is CNC(=O)c1[nH]nc2c1ccc1cnc(Oc3ccc(N4CCNCC4)cc3C(C)=O)nc12. The van der Waals surface area contributed by atoms with Crippen LogP contribution in [0.15, 0.2) is 36.5 Å². The first-order valence-electron chi connectivity index (χ1n) is 10.7. The second-order valence-electron chi connectivity index (χ2n) is 7.81. The summed E-state index contributed by atoms with van der Waals surface area (Å²) in [6, 6.07) is 9.30. The highest BCUT2D eigenvalue weighted by Crippen LogP contribution is 2.30. The summed E-state index contributed by atoms with van der Waals surface area (Å²) < 4.78 is 5.95. The lowest BCUT2D eigenvalue weighted by molar-refractivity contribution is 0.0958. The van der Waals surface area contributed by atoms with Gasteiger partial charge in [0.1, 0.15) is 22.5 Å². The number of fused-ring (bicyclic) bond motifs is 3. The quantitative estimate of drug-likeness (QED) is 0.400. The Balaban J connectivity index is 1.51. The fourth-order valence-electron chi connectivity index (χ4n) is 4.00. The topological polar surface area (TPSA) is 125 Å². The molecule has 10 nitrogen and oxygen atoms in total. The number of benzene rings is 2. The second kappa shape index (κ2) is 8.47. The predicted octanol–water partition coefficient (Wildman–Crippen LogP) is 2.27. The van der Waals surface area contributed by atoms with Gasteiger partial charge in [0.15, 0.2) is 5.78 Å². The van der Waals surface area contributed by atoms with E-state index in [0.717, 1.165) is 37.3 Å². The van der Waals surface area contributed by atoms with Crippen molar-refractivity contribution in [3.63, 3.8) is 0 Å². The standard InChI is InChI=1S/C23H23N7O3/c1-13(31)17-11-15(30-9-7-25-8-10-30)4-6-18(17)33-23-26-12-14-3-5-16-20(19(14)27-23)28-29-21(16)22(32)24-2/h3-6,11-12,25H,7-10H2,1-2H3,(H,24,32)(H,28,29). The molecule has 0 atom stereocenters. The fraction of sp³-hybridized carbons (Fsp3) is 0.261. The van der Waals surface area contributed by atoms with Crippen molar-refractivity contribution < 1.29 is 14.3 Å². The number of H-pyrrole nitrogens is 1. The van der Waals surface area contributed by atoms with Crippen molar-refractivity contribution in [2.24, 2.45) is 0 Å². The highest BCUT2D eigenvalue weighted by Gasteiger charge is 2.18. The summed E-state index contributed by atoms with van der Waals surface area (Å²) in [5.41, 5.74) is 2.89. The van der Waals surface area contributed by atoms with E-state index < -0.39 is 0 Å². The van der Waals surface area contributed by atoms with Gasteiger partial charge < -0.3 is 20.3 Å². The Hall–Kier alpha value is -4.05. The third kappa shape index (κ3) is 3.85. The Bertz CT molecular complexity index is 1380. The van der Waals surface area contributed by atoms with Crippen LogP contribution in [0.25, 0.3) is 21.8 Å². The van der Waals surface area contributed by atoms with Crippen LogP contribution in [0.1, 0.15) is 27.8 Å². The Morgan fingerprint density at radius 2 is 1.94 bits per heavy atom. The number of aromatic amines is 1. The zero-order valence-electron chi connectivity index (χ0n) is 18.3. The minimum Gasteiger partial charge on any atom is -0.424 e. The monoisotopic (exact) mass is 445 g/mol. The van der Waals surface area contributed by atoms with Gasteiger partial charge in [-0.2, -0.15) is 10.1 Å². The number of anilines is 1. The van der Waals surface area contributed by atoms with Crippen molar-refractivity contribution in [1.29, 1.82) is 0 Å². The van der Waals surface area contributed by atoms with Crippen molar-refractivity contribution >= 4 is 39.2 Å².